The highest BCUT2D eigenvalue weighted by Crippen LogP contribution is 2.35. The number of nitrogens with zero attached hydrogens (tertiary/aromatic N) is 3. The molecule has 4 aromatic rings. The number of benzene rings is 2. The third-order valence-corrected chi connectivity index (χ3v) is 5.95. The maximum absolute atomic E-state index is 12.2. The summed E-state index contributed by atoms with van der Waals surface area (Å²) in [6.07, 6.45) is 2.04. The van der Waals surface area contributed by atoms with Crippen LogP contribution < -0.4 is 5.32 Å². The topological polar surface area (TPSA) is 67.8 Å². The normalized spacial score (nSPS) is 10.9. The Balaban J connectivity index is 1.44. The lowest BCUT2D eigenvalue weighted by Gasteiger charge is -2.02. The number of carbonyl (C=O) groups excluding carboxylic acids is 1. The Labute approximate surface area is 168 Å². The Hall–Kier alpha value is -2.48. The summed E-state index contributed by atoms with van der Waals surface area (Å²) in [5.41, 5.74) is 1.82. The summed E-state index contributed by atoms with van der Waals surface area (Å²) in [4.78, 5) is 17.6. The minimum atomic E-state index is -0.139. The third kappa shape index (κ3) is 4.44. The Morgan fingerprint density at radius 1 is 1.07 bits per heavy atom. The highest BCUT2D eigenvalue weighted by Gasteiger charge is 2.11. The van der Waals surface area contributed by atoms with Crippen LogP contribution in [0.3, 0.4) is 0 Å². The van der Waals surface area contributed by atoms with Gasteiger partial charge in [-0.05, 0) is 29.8 Å². The molecule has 4 rings (SSSR count). The molecule has 2 aromatic heterocycles. The number of pyridine rings is 1. The van der Waals surface area contributed by atoms with Gasteiger partial charge in [0, 0.05) is 21.5 Å². The quantitative estimate of drug-likeness (QED) is 0.463. The number of rotatable bonds is 5. The van der Waals surface area contributed by atoms with Crippen molar-refractivity contribution in [3.05, 3.63) is 71.4 Å². The molecule has 0 radical (unpaired) electrons. The van der Waals surface area contributed by atoms with E-state index in [1.54, 1.807) is 18.3 Å². The molecule has 0 aliphatic heterocycles. The molecule has 0 bridgehead atoms. The largest absolute Gasteiger partial charge is 0.300 e. The summed E-state index contributed by atoms with van der Waals surface area (Å²) in [5, 5.41) is 13.2. The van der Waals surface area contributed by atoms with E-state index in [0.29, 0.717) is 10.2 Å². The maximum Gasteiger partial charge on any atom is 0.230 e. The van der Waals surface area contributed by atoms with Crippen LogP contribution in [-0.4, -0.2) is 21.1 Å². The molecule has 27 heavy (non-hydrogen) atoms. The van der Waals surface area contributed by atoms with Gasteiger partial charge in [-0.3, -0.25) is 9.78 Å². The van der Waals surface area contributed by atoms with Crippen molar-refractivity contribution < 1.29 is 4.79 Å². The van der Waals surface area contributed by atoms with Crippen LogP contribution >= 0.6 is 34.7 Å². The van der Waals surface area contributed by atoms with Crippen LogP contribution in [0, 0.1) is 0 Å². The van der Waals surface area contributed by atoms with Gasteiger partial charge in [0.15, 0.2) is 4.34 Å². The number of hydrogen-bond donors (Lipinski definition) is 1. The van der Waals surface area contributed by atoms with Crippen molar-refractivity contribution in [2.24, 2.45) is 0 Å². The average Bonchev–Trinajstić information content (AvgIpc) is 3.10. The molecule has 0 fully saturated rings. The molecule has 0 spiro atoms. The highest BCUT2D eigenvalue weighted by molar-refractivity contribution is 8.01. The van der Waals surface area contributed by atoms with E-state index in [2.05, 4.69) is 20.5 Å². The van der Waals surface area contributed by atoms with E-state index < -0.39 is 0 Å². The molecule has 0 saturated carbocycles. The van der Waals surface area contributed by atoms with Crippen molar-refractivity contribution in [2.75, 3.05) is 5.32 Å². The van der Waals surface area contributed by atoms with E-state index in [0.717, 1.165) is 25.7 Å². The number of amides is 1. The molecule has 1 N–H and O–H groups in total. The van der Waals surface area contributed by atoms with Crippen molar-refractivity contribution in [1.82, 2.24) is 15.2 Å². The van der Waals surface area contributed by atoms with Gasteiger partial charge >= 0.3 is 0 Å². The van der Waals surface area contributed by atoms with Gasteiger partial charge in [-0.1, -0.05) is 65.0 Å². The number of hydrogen-bond acceptors (Lipinski definition) is 6. The third-order valence-electron chi connectivity index (χ3n) is 3.74. The van der Waals surface area contributed by atoms with Gasteiger partial charge in [-0.2, -0.15) is 0 Å². The maximum atomic E-state index is 12.2. The van der Waals surface area contributed by atoms with Gasteiger partial charge in [0.05, 0.1) is 11.9 Å². The van der Waals surface area contributed by atoms with E-state index in [1.165, 1.54) is 23.1 Å². The van der Waals surface area contributed by atoms with Crippen LogP contribution in [0.1, 0.15) is 5.56 Å². The first-order valence-corrected chi connectivity index (χ1v) is 10.1. The molecule has 0 aliphatic carbocycles. The SMILES string of the molecule is O=C(Cc1ccc(Cl)cc1)Nc1nnc(Sc2ccnc3ccccc23)s1. The molecule has 0 aliphatic rings. The zero-order chi connectivity index (χ0) is 18.6. The first kappa shape index (κ1) is 17.9. The second kappa shape index (κ2) is 8.04. The molecule has 8 heteroatoms. The van der Waals surface area contributed by atoms with Crippen LogP contribution in [0.4, 0.5) is 5.13 Å². The standard InChI is InChI=1S/C19H13ClN4OS2/c20-13-7-5-12(6-8-13)11-17(25)22-18-23-24-19(27-18)26-16-9-10-21-15-4-2-1-3-14(15)16/h1-10H,11H2,(H,22,23,25). The fourth-order valence-electron chi connectivity index (χ4n) is 2.51. The molecule has 0 saturated heterocycles. The van der Waals surface area contributed by atoms with Crippen LogP contribution in [0.15, 0.2) is 70.0 Å². The number of fused-ring (bicyclic) bond motifs is 1. The smallest absolute Gasteiger partial charge is 0.230 e. The average molecular weight is 413 g/mol. The van der Waals surface area contributed by atoms with Crippen LogP contribution in [0.2, 0.25) is 5.02 Å². The van der Waals surface area contributed by atoms with Gasteiger partial charge in [0.1, 0.15) is 0 Å². The minimum Gasteiger partial charge on any atom is -0.300 e. The van der Waals surface area contributed by atoms with Gasteiger partial charge in [0.25, 0.3) is 0 Å². The highest BCUT2D eigenvalue weighted by atomic mass is 35.5. The van der Waals surface area contributed by atoms with Gasteiger partial charge in [-0.15, -0.1) is 10.2 Å². The minimum absolute atomic E-state index is 0.139. The van der Waals surface area contributed by atoms with E-state index in [1.807, 2.05) is 42.5 Å². The number of carbonyl (C=O) groups is 1. The summed E-state index contributed by atoms with van der Waals surface area (Å²) in [7, 11) is 0. The fraction of sp³-hybridized carbons (Fsp3) is 0.0526. The van der Waals surface area contributed by atoms with Crippen LogP contribution in [0.25, 0.3) is 10.9 Å². The number of nitrogens with one attached hydrogen (secondary N) is 1. The van der Waals surface area contributed by atoms with Crippen molar-refractivity contribution in [2.45, 2.75) is 15.7 Å². The molecule has 134 valence electrons. The molecule has 5 nitrogen and oxygen atoms in total. The van der Waals surface area contributed by atoms with E-state index in [9.17, 15) is 4.79 Å². The predicted octanol–water partition coefficient (Wildman–Crippen LogP) is 5.07. The monoisotopic (exact) mass is 412 g/mol. The van der Waals surface area contributed by atoms with Crippen molar-refractivity contribution >= 4 is 56.6 Å². The van der Waals surface area contributed by atoms with E-state index >= 15 is 0 Å². The summed E-state index contributed by atoms with van der Waals surface area (Å²) < 4.78 is 0.758. The second-order valence-corrected chi connectivity index (χ2v) is 8.36. The van der Waals surface area contributed by atoms with Crippen LogP contribution in [-0.2, 0) is 11.2 Å². The first-order chi connectivity index (χ1) is 13.2. The zero-order valence-corrected chi connectivity index (χ0v) is 16.3. The second-order valence-electron chi connectivity index (χ2n) is 5.65. The van der Waals surface area contributed by atoms with Crippen molar-refractivity contribution in [1.29, 1.82) is 0 Å². The molecule has 1 amide bonds. The van der Waals surface area contributed by atoms with E-state index in [4.69, 9.17) is 11.6 Å². The fourth-order valence-corrected chi connectivity index (χ4v) is 4.48. The molecule has 2 heterocycles. The Morgan fingerprint density at radius 3 is 2.74 bits per heavy atom. The Bertz CT molecular complexity index is 1090. The molecular formula is C19H13ClN4OS2. The van der Waals surface area contributed by atoms with Gasteiger partial charge in [-0.25, -0.2) is 0 Å². The molecule has 0 unspecified atom stereocenters. The number of halogens is 1. The Kier molecular flexibility index (Phi) is 5.33. The summed E-state index contributed by atoms with van der Waals surface area (Å²) in [5.74, 6) is -0.139. The lowest BCUT2D eigenvalue weighted by molar-refractivity contribution is -0.115. The number of aromatic nitrogens is 3. The zero-order valence-electron chi connectivity index (χ0n) is 13.9. The van der Waals surface area contributed by atoms with E-state index in [-0.39, 0.29) is 12.3 Å². The first-order valence-electron chi connectivity index (χ1n) is 8.07. The predicted molar refractivity (Wildman–Crippen MR) is 110 cm³/mol. The lowest BCUT2D eigenvalue weighted by Crippen LogP contribution is -2.14. The Morgan fingerprint density at radius 2 is 1.89 bits per heavy atom. The van der Waals surface area contributed by atoms with Crippen LogP contribution in [0.5, 0.6) is 0 Å². The summed E-state index contributed by atoms with van der Waals surface area (Å²) in [6.45, 7) is 0. The van der Waals surface area contributed by atoms with Crippen molar-refractivity contribution in [3.63, 3.8) is 0 Å². The molecule has 2 aromatic carbocycles. The van der Waals surface area contributed by atoms with Gasteiger partial charge in [0.2, 0.25) is 11.0 Å². The number of para-hydroxylation sites is 1. The lowest BCUT2D eigenvalue weighted by atomic mass is 10.1. The summed E-state index contributed by atoms with van der Waals surface area (Å²) >= 11 is 8.71. The van der Waals surface area contributed by atoms with Gasteiger partial charge < -0.3 is 5.32 Å². The molecular weight excluding hydrogens is 400 g/mol. The van der Waals surface area contributed by atoms with Crippen molar-refractivity contribution in [3.8, 4) is 0 Å². The molecule has 0 atom stereocenters. The number of anilines is 1. The summed E-state index contributed by atoms with van der Waals surface area (Å²) in [6, 6.07) is 17.1.